The lowest BCUT2D eigenvalue weighted by Crippen LogP contribution is -2.07. The Morgan fingerprint density at radius 1 is 1.17 bits per heavy atom. The Hall–Kier alpha value is -3.02. The minimum atomic E-state index is -0.727. The maximum absolute atomic E-state index is 13.8. The molecule has 122 valence electrons. The molecule has 3 aromatic rings. The van der Waals surface area contributed by atoms with Gasteiger partial charge in [-0.3, -0.25) is 0 Å². The van der Waals surface area contributed by atoms with Crippen LogP contribution in [0.25, 0.3) is 10.8 Å². The molecule has 0 spiro atoms. The van der Waals surface area contributed by atoms with Crippen molar-refractivity contribution < 1.29 is 18.3 Å². The van der Waals surface area contributed by atoms with E-state index in [0.29, 0.717) is 22.2 Å². The number of hydrogen-bond donors (Lipinski definition) is 1. The van der Waals surface area contributed by atoms with Gasteiger partial charge in [0, 0.05) is 23.0 Å². The molecule has 24 heavy (non-hydrogen) atoms. The molecule has 0 aliphatic carbocycles. The number of nitrogens with zero attached hydrogens (tertiary/aromatic N) is 1. The van der Waals surface area contributed by atoms with Crippen molar-refractivity contribution in [3.05, 3.63) is 65.9 Å². The predicted octanol–water partition coefficient (Wildman–Crippen LogP) is 4.43. The van der Waals surface area contributed by atoms with E-state index in [4.69, 9.17) is 4.74 Å². The molecule has 0 aliphatic rings. The van der Waals surface area contributed by atoms with Crippen molar-refractivity contribution in [3.8, 4) is 0 Å². The van der Waals surface area contributed by atoms with Crippen LogP contribution in [0, 0.1) is 11.6 Å². The van der Waals surface area contributed by atoms with Crippen molar-refractivity contribution in [2.24, 2.45) is 0 Å². The van der Waals surface area contributed by atoms with Gasteiger partial charge in [-0.1, -0.05) is 24.3 Å². The van der Waals surface area contributed by atoms with Gasteiger partial charge < -0.3 is 10.1 Å². The number of fused-ring (bicyclic) bond motifs is 1. The molecule has 0 saturated heterocycles. The average Bonchev–Trinajstić information content (AvgIpc) is 2.57. The number of anilines is 2. The van der Waals surface area contributed by atoms with Crippen LogP contribution in [0.4, 0.5) is 20.3 Å². The molecule has 0 saturated carbocycles. The van der Waals surface area contributed by atoms with Crippen molar-refractivity contribution in [3.63, 3.8) is 0 Å². The minimum absolute atomic E-state index is 0.0953. The quantitative estimate of drug-likeness (QED) is 0.720. The second-order valence-electron chi connectivity index (χ2n) is 5.04. The number of carbonyl (C=O) groups excluding carboxylic acids is 1. The zero-order valence-electron chi connectivity index (χ0n) is 12.8. The van der Waals surface area contributed by atoms with Gasteiger partial charge in [0.25, 0.3) is 0 Å². The first-order chi connectivity index (χ1) is 11.6. The van der Waals surface area contributed by atoms with Crippen LogP contribution in [-0.4, -0.2) is 17.6 Å². The minimum Gasteiger partial charge on any atom is -0.462 e. The van der Waals surface area contributed by atoms with E-state index >= 15 is 0 Å². The summed E-state index contributed by atoms with van der Waals surface area (Å²) in [5, 5.41) is 4.10. The number of esters is 1. The van der Waals surface area contributed by atoms with Crippen LogP contribution in [0.3, 0.4) is 0 Å². The number of pyridine rings is 1. The van der Waals surface area contributed by atoms with Gasteiger partial charge in [-0.2, -0.15) is 0 Å². The van der Waals surface area contributed by atoms with Gasteiger partial charge in [0.05, 0.1) is 17.9 Å². The molecule has 3 rings (SSSR count). The van der Waals surface area contributed by atoms with Crippen molar-refractivity contribution in [2.45, 2.75) is 6.92 Å². The number of ether oxygens (including phenoxy) is 1. The van der Waals surface area contributed by atoms with Gasteiger partial charge in [-0.15, -0.1) is 0 Å². The highest BCUT2D eigenvalue weighted by Gasteiger charge is 2.15. The van der Waals surface area contributed by atoms with E-state index in [1.165, 1.54) is 12.3 Å². The Morgan fingerprint density at radius 3 is 2.62 bits per heavy atom. The maximum atomic E-state index is 13.8. The molecule has 0 radical (unpaired) electrons. The molecule has 0 fully saturated rings. The van der Waals surface area contributed by atoms with Gasteiger partial charge in [0.2, 0.25) is 0 Å². The number of rotatable bonds is 4. The molecule has 1 heterocycles. The zero-order valence-corrected chi connectivity index (χ0v) is 12.8. The number of hydrogen-bond acceptors (Lipinski definition) is 4. The van der Waals surface area contributed by atoms with Gasteiger partial charge in [0.15, 0.2) is 0 Å². The standard InChI is InChI=1S/C18H14F2N2O2/c1-2-24-18(23)14-10-21-17(13-6-4-3-5-12(13)14)22-16-8-7-11(19)9-15(16)20/h3-10H,2H2,1H3,(H,21,22). The molecule has 1 aromatic heterocycles. The fraction of sp³-hybridized carbons (Fsp3) is 0.111. The Bertz CT molecular complexity index is 913. The molecule has 6 heteroatoms. The average molecular weight is 328 g/mol. The van der Waals surface area contributed by atoms with E-state index in [9.17, 15) is 13.6 Å². The molecular formula is C18H14F2N2O2. The highest BCUT2D eigenvalue weighted by Crippen LogP contribution is 2.28. The largest absolute Gasteiger partial charge is 0.462 e. The van der Waals surface area contributed by atoms with Crippen LogP contribution < -0.4 is 5.32 Å². The van der Waals surface area contributed by atoms with E-state index in [1.54, 1.807) is 31.2 Å². The van der Waals surface area contributed by atoms with Crippen molar-refractivity contribution in [2.75, 3.05) is 11.9 Å². The number of benzene rings is 2. The van der Waals surface area contributed by atoms with E-state index in [0.717, 1.165) is 12.1 Å². The Balaban J connectivity index is 2.06. The van der Waals surface area contributed by atoms with E-state index in [1.807, 2.05) is 0 Å². The Morgan fingerprint density at radius 2 is 1.92 bits per heavy atom. The van der Waals surface area contributed by atoms with Crippen LogP contribution >= 0.6 is 0 Å². The highest BCUT2D eigenvalue weighted by atomic mass is 19.1. The number of carbonyl (C=O) groups is 1. The lowest BCUT2D eigenvalue weighted by atomic mass is 10.1. The summed E-state index contributed by atoms with van der Waals surface area (Å²) in [6.45, 7) is 1.98. The van der Waals surface area contributed by atoms with E-state index < -0.39 is 17.6 Å². The van der Waals surface area contributed by atoms with E-state index in [2.05, 4.69) is 10.3 Å². The molecule has 0 unspecified atom stereocenters. The lowest BCUT2D eigenvalue weighted by molar-refractivity contribution is 0.0528. The normalized spacial score (nSPS) is 10.6. The summed E-state index contributed by atoms with van der Waals surface area (Å²) in [6, 6.07) is 10.3. The van der Waals surface area contributed by atoms with Crippen LogP contribution in [0.2, 0.25) is 0 Å². The van der Waals surface area contributed by atoms with Crippen LogP contribution in [0.5, 0.6) is 0 Å². The second-order valence-corrected chi connectivity index (χ2v) is 5.04. The van der Waals surface area contributed by atoms with Crippen molar-refractivity contribution in [1.29, 1.82) is 0 Å². The highest BCUT2D eigenvalue weighted by molar-refractivity contribution is 6.07. The fourth-order valence-corrected chi connectivity index (χ4v) is 2.38. The van der Waals surface area contributed by atoms with Crippen molar-refractivity contribution in [1.82, 2.24) is 4.98 Å². The summed E-state index contributed by atoms with van der Waals surface area (Å²) in [5.41, 5.74) is 0.426. The third-order valence-electron chi connectivity index (χ3n) is 3.47. The van der Waals surface area contributed by atoms with Gasteiger partial charge in [0.1, 0.15) is 17.5 Å². The smallest absolute Gasteiger partial charge is 0.340 e. The van der Waals surface area contributed by atoms with Gasteiger partial charge >= 0.3 is 5.97 Å². The Labute approximate surface area is 137 Å². The number of nitrogens with one attached hydrogen (secondary N) is 1. The molecule has 1 N–H and O–H groups in total. The van der Waals surface area contributed by atoms with Crippen LogP contribution in [0.1, 0.15) is 17.3 Å². The summed E-state index contributed by atoms with van der Waals surface area (Å²) >= 11 is 0. The summed E-state index contributed by atoms with van der Waals surface area (Å²) in [5.74, 6) is -1.49. The molecule has 0 bridgehead atoms. The number of aromatic nitrogens is 1. The Kier molecular flexibility index (Phi) is 4.37. The first-order valence-corrected chi connectivity index (χ1v) is 7.37. The maximum Gasteiger partial charge on any atom is 0.340 e. The predicted molar refractivity (Wildman–Crippen MR) is 87.3 cm³/mol. The molecule has 0 aliphatic heterocycles. The molecule has 2 aromatic carbocycles. The first kappa shape index (κ1) is 15.9. The molecular weight excluding hydrogens is 314 g/mol. The molecule has 0 amide bonds. The summed E-state index contributed by atoms with van der Waals surface area (Å²) < 4.78 is 31.9. The fourth-order valence-electron chi connectivity index (χ4n) is 2.38. The first-order valence-electron chi connectivity index (χ1n) is 7.37. The van der Waals surface area contributed by atoms with Crippen LogP contribution in [-0.2, 0) is 4.74 Å². The topological polar surface area (TPSA) is 51.2 Å². The van der Waals surface area contributed by atoms with Gasteiger partial charge in [-0.05, 0) is 19.1 Å². The summed E-state index contributed by atoms with van der Waals surface area (Å²) in [6.07, 6.45) is 1.38. The number of halogens is 2. The SMILES string of the molecule is CCOC(=O)c1cnc(Nc2ccc(F)cc2F)c2ccccc12. The second kappa shape index (κ2) is 6.62. The van der Waals surface area contributed by atoms with Gasteiger partial charge in [-0.25, -0.2) is 18.6 Å². The molecule has 0 atom stereocenters. The van der Waals surface area contributed by atoms with E-state index in [-0.39, 0.29) is 12.3 Å². The summed E-state index contributed by atoms with van der Waals surface area (Å²) in [4.78, 5) is 16.2. The monoisotopic (exact) mass is 328 g/mol. The molecule has 4 nitrogen and oxygen atoms in total. The summed E-state index contributed by atoms with van der Waals surface area (Å²) in [7, 11) is 0. The lowest BCUT2D eigenvalue weighted by Gasteiger charge is -2.12. The third kappa shape index (κ3) is 3.03. The third-order valence-corrected chi connectivity index (χ3v) is 3.47. The zero-order chi connectivity index (χ0) is 17.1. The van der Waals surface area contributed by atoms with Crippen molar-refractivity contribution >= 4 is 28.2 Å². The van der Waals surface area contributed by atoms with Crippen LogP contribution in [0.15, 0.2) is 48.7 Å².